The number of carbonyl (C=O) groups is 1. The van der Waals surface area contributed by atoms with Gasteiger partial charge in [0.2, 0.25) is 0 Å². The number of rotatable bonds is 5. The van der Waals surface area contributed by atoms with E-state index in [4.69, 9.17) is 9.26 Å². The zero-order chi connectivity index (χ0) is 12.2. The topological polar surface area (TPSA) is 55.8 Å². The van der Waals surface area contributed by atoms with Crippen molar-refractivity contribution in [3.05, 3.63) is 0 Å². The van der Waals surface area contributed by atoms with Crippen LogP contribution in [0.15, 0.2) is 0 Å². The van der Waals surface area contributed by atoms with Crippen molar-refractivity contribution in [2.45, 2.75) is 13.8 Å². The minimum Gasteiger partial charge on any atom is -0.379 e. The van der Waals surface area contributed by atoms with E-state index >= 15 is 0 Å². The van der Waals surface area contributed by atoms with Gasteiger partial charge in [0.15, 0.2) is 0 Å². The summed E-state index contributed by atoms with van der Waals surface area (Å²) in [5.74, 6) is -0.124. The molecule has 0 N–H and O–H groups in total. The molecule has 1 unspecified atom stereocenters. The van der Waals surface area contributed by atoms with Crippen molar-refractivity contribution in [2.24, 2.45) is 5.92 Å². The molecule has 5 nitrogen and oxygen atoms in total. The zero-order valence-electron chi connectivity index (χ0n) is 10.1. The van der Waals surface area contributed by atoms with Crippen molar-refractivity contribution in [1.82, 2.24) is 4.67 Å². The summed E-state index contributed by atoms with van der Waals surface area (Å²) in [6, 6.07) is 0. The summed E-state index contributed by atoms with van der Waals surface area (Å²) in [5.41, 5.74) is 0. The van der Waals surface area contributed by atoms with Gasteiger partial charge in [0.1, 0.15) is 5.78 Å². The molecule has 1 aliphatic rings. The molecular weight excluding hydrogens is 229 g/mol. The predicted molar refractivity (Wildman–Crippen MR) is 61.7 cm³/mol. The van der Waals surface area contributed by atoms with E-state index in [2.05, 4.69) is 0 Å². The fourth-order valence-corrected chi connectivity index (χ4v) is 3.61. The SMILES string of the molecule is COP(=O)(CC(=O)C(C)C)N1CCOCC1. The molecule has 94 valence electrons. The van der Waals surface area contributed by atoms with Gasteiger partial charge in [0.05, 0.1) is 19.4 Å². The van der Waals surface area contributed by atoms with Crippen molar-refractivity contribution in [3.8, 4) is 0 Å². The van der Waals surface area contributed by atoms with Crippen LogP contribution in [-0.4, -0.2) is 50.0 Å². The van der Waals surface area contributed by atoms with Crippen molar-refractivity contribution < 1.29 is 18.6 Å². The highest BCUT2D eigenvalue weighted by Gasteiger charge is 2.34. The Labute approximate surface area is 96.6 Å². The van der Waals surface area contributed by atoms with Crippen molar-refractivity contribution in [3.63, 3.8) is 0 Å². The Bertz CT molecular complexity index is 287. The number of nitrogens with zero attached hydrogens (tertiary/aromatic N) is 1. The van der Waals surface area contributed by atoms with Gasteiger partial charge >= 0.3 is 0 Å². The molecule has 1 heterocycles. The molecule has 0 bridgehead atoms. The van der Waals surface area contributed by atoms with E-state index in [0.29, 0.717) is 26.3 Å². The molecule has 1 atom stereocenters. The lowest BCUT2D eigenvalue weighted by Crippen LogP contribution is -2.36. The molecule has 0 saturated carbocycles. The maximum atomic E-state index is 12.5. The average molecular weight is 249 g/mol. The average Bonchev–Trinajstić information content (AvgIpc) is 2.29. The van der Waals surface area contributed by atoms with Crippen LogP contribution in [0.25, 0.3) is 0 Å². The summed E-state index contributed by atoms with van der Waals surface area (Å²) < 4.78 is 24.5. The highest BCUT2D eigenvalue weighted by molar-refractivity contribution is 7.57. The van der Waals surface area contributed by atoms with E-state index in [9.17, 15) is 9.36 Å². The molecule has 0 aromatic rings. The first-order chi connectivity index (χ1) is 7.49. The van der Waals surface area contributed by atoms with E-state index in [1.54, 1.807) is 4.67 Å². The Kier molecular flexibility index (Phi) is 5.12. The summed E-state index contributed by atoms with van der Waals surface area (Å²) in [4.78, 5) is 11.6. The first kappa shape index (κ1) is 13.8. The van der Waals surface area contributed by atoms with Crippen LogP contribution in [0.4, 0.5) is 0 Å². The largest absolute Gasteiger partial charge is 0.379 e. The van der Waals surface area contributed by atoms with Crippen LogP contribution in [-0.2, 0) is 18.6 Å². The number of carbonyl (C=O) groups excluding carboxylic acids is 1. The van der Waals surface area contributed by atoms with E-state index in [1.807, 2.05) is 13.8 Å². The van der Waals surface area contributed by atoms with Gasteiger partial charge in [-0.1, -0.05) is 13.8 Å². The molecule has 1 aliphatic heterocycles. The van der Waals surface area contributed by atoms with E-state index in [0.717, 1.165) is 0 Å². The molecule has 16 heavy (non-hydrogen) atoms. The Morgan fingerprint density at radius 3 is 2.44 bits per heavy atom. The fourth-order valence-electron chi connectivity index (χ4n) is 1.52. The Morgan fingerprint density at radius 1 is 1.44 bits per heavy atom. The molecule has 1 saturated heterocycles. The third-order valence-corrected chi connectivity index (χ3v) is 5.25. The summed E-state index contributed by atoms with van der Waals surface area (Å²) in [7, 11) is -1.58. The lowest BCUT2D eigenvalue weighted by molar-refractivity contribution is -0.119. The number of ether oxygens (including phenoxy) is 1. The third-order valence-electron chi connectivity index (χ3n) is 2.70. The molecule has 6 heteroatoms. The fraction of sp³-hybridized carbons (Fsp3) is 0.900. The molecule has 0 radical (unpaired) electrons. The molecule has 0 aromatic heterocycles. The summed E-state index contributed by atoms with van der Waals surface area (Å²) in [6.45, 7) is 5.84. The molecule has 0 amide bonds. The van der Waals surface area contributed by atoms with Crippen LogP contribution in [0.2, 0.25) is 0 Å². The van der Waals surface area contributed by atoms with Gasteiger partial charge < -0.3 is 9.26 Å². The van der Waals surface area contributed by atoms with Crippen LogP contribution in [0, 0.1) is 5.92 Å². The maximum Gasteiger partial charge on any atom is 0.279 e. The minimum absolute atomic E-state index is 0.00116. The lowest BCUT2D eigenvalue weighted by atomic mass is 10.1. The molecule has 1 rings (SSSR count). The normalized spacial score (nSPS) is 22.0. The van der Waals surface area contributed by atoms with Crippen LogP contribution < -0.4 is 0 Å². The van der Waals surface area contributed by atoms with Gasteiger partial charge in [-0.05, 0) is 0 Å². The van der Waals surface area contributed by atoms with Crippen LogP contribution >= 0.6 is 7.52 Å². The van der Waals surface area contributed by atoms with Crippen LogP contribution in [0.1, 0.15) is 13.8 Å². The summed E-state index contributed by atoms with van der Waals surface area (Å²) >= 11 is 0. The second-order valence-electron chi connectivity index (χ2n) is 4.17. The Balaban J connectivity index is 2.68. The monoisotopic (exact) mass is 249 g/mol. The lowest BCUT2D eigenvalue weighted by Gasteiger charge is -2.32. The number of Topliss-reactive ketones (excluding diaryl/α,β-unsaturated/α-hetero) is 1. The number of hydrogen-bond acceptors (Lipinski definition) is 4. The van der Waals surface area contributed by atoms with Crippen molar-refractivity contribution in [1.29, 1.82) is 0 Å². The predicted octanol–water partition coefficient (Wildman–Crippen LogP) is 1.38. The Hall–Kier alpha value is -0.220. The first-order valence-corrected chi connectivity index (χ1v) is 7.26. The number of morpholine rings is 1. The first-order valence-electron chi connectivity index (χ1n) is 5.50. The van der Waals surface area contributed by atoms with Gasteiger partial charge in [-0.3, -0.25) is 9.36 Å². The molecule has 0 aliphatic carbocycles. The smallest absolute Gasteiger partial charge is 0.279 e. The second-order valence-corrected chi connectivity index (χ2v) is 6.69. The quantitative estimate of drug-likeness (QED) is 0.689. The van der Waals surface area contributed by atoms with Gasteiger partial charge in [0.25, 0.3) is 7.52 Å². The highest BCUT2D eigenvalue weighted by Crippen LogP contribution is 2.50. The minimum atomic E-state index is -2.98. The third kappa shape index (κ3) is 3.39. The standard InChI is InChI=1S/C10H20NO4P/c1-9(2)10(12)8-16(13,14-3)11-4-6-15-7-5-11/h9H,4-8H2,1-3H3. The van der Waals surface area contributed by atoms with E-state index < -0.39 is 7.52 Å². The Morgan fingerprint density at radius 2 is 2.00 bits per heavy atom. The molecular formula is C10H20NO4P. The number of hydrogen-bond donors (Lipinski definition) is 0. The summed E-state index contributed by atoms with van der Waals surface area (Å²) in [5, 5.41) is 0. The molecule has 0 spiro atoms. The molecule has 1 fully saturated rings. The maximum absolute atomic E-state index is 12.5. The van der Waals surface area contributed by atoms with Gasteiger partial charge in [-0.25, -0.2) is 4.67 Å². The molecule has 0 aromatic carbocycles. The zero-order valence-corrected chi connectivity index (χ0v) is 11.0. The van der Waals surface area contributed by atoms with Crippen molar-refractivity contribution in [2.75, 3.05) is 39.6 Å². The highest BCUT2D eigenvalue weighted by atomic mass is 31.2. The van der Waals surface area contributed by atoms with Crippen LogP contribution in [0.5, 0.6) is 0 Å². The number of ketones is 1. The van der Waals surface area contributed by atoms with Gasteiger partial charge in [-0.2, -0.15) is 0 Å². The summed E-state index contributed by atoms with van der Waals surface area (Å²) in [6.07, 6.45) is 0.00116. The van der Waals surface area contributed by atoms with E-state index in [-0.39, 0.29) is 17.9 Å². The van der Waals surface area contributed by atoms with Gasteiger partial charge in [0, 0.05) is 26.1 Å². The van der Waals surface area contributed by atoms with E-state index in [1.165, 1.54) is 7.11 Å². The second kappa shape index (κ2) is 5.92. The van der Waals surface area contributed by atoms with Crippen LogP contribution in [0.3, 0.4) is 0 Å². The van der Waals surface area contributed by atoms with Gasteiger partial charge in [-0.15, -0.1) is 0 Å². The van der Waals surface area contributed by atoms with Crippen molar-refractivity contribution >= 4 is 13.3 Å².